The highest BCUT2D eigenvalue weighted by molar-refractivity contribution is 5.96. The second kappa shape index (κ2) is 8.55. The molecule has 172 valence electrons. The Morgan fingerprint density at radius 1 is 0.943 bits per heavy atom. The number of hydrogen-bond donors (Lipinski definition) is 1. The lowest BCUT2D eigenvalue weighted by Crippen LogP contribution is -2.07. The molecule has 0 atom stereocenters. The van der Waals surface area contributed by atoms with Crippen molar-refractivity contribution in [3.05, 3.63) is 114 Å². The smallest absolute Gasteiger partial charge is 0.337 e. The Hall–Kier alpha value is -4.18. The van der Waals surface area contributed by atoms with E-state index in [4.69, 9.17) is 0 Å². The van der Waals surface area contributed by atoms with E-state index in [1.165, 1.54) is 11.1 Å². The van der Waals surface area contributed by atoms with Crippen molar-refractivity contribution in [3.8, 4) is 22.3 Å². The quantitative estimate of drug-likeness (QED) is 0.296. The van der Waals surface area contributed by atoms with E-state index in [0.29, 0.717) is 23.6 Å². The van der Waals surface area contributed by atoms with Crippen molar-refractivity contribution in [1.82, 2.24) is 9.55 Å². The number of aromatic carboxylic acids is 1. The largest absolute Gasteiger partial charge is 0.478 e. The molecule has 4 heteroatoms. The van der Waals surface area contributed by atoms with Gasteiger partial charge in [-0.25, -0.2) is 4.79 Å². The lowest BCUT2D eigenvalue weighted by atomic mass is 9.95. The van der Waals surface area contributed by atoms with Gasteiger partial charge in [-0.1, -0.05) is 54.6 Å². The molecule has 1 fully saturated rings. The van der Waals surface area contributed by atoms with Gasteiger partial charge in [0.15, 0.2) is 0 Å². The molecule has 1 aliphatic rings. The summed E-state index contributed by atoms with van der Waals surface area (Å²) < 4.78 is 2.14. The molecule has 0 spiro atoms. The Balaban J connectivity index is 1.40. The molecule has 1 N–H and O–H groups in total. The Kier molecular flexibility index (Phi) is 5.22. The van der Waals surface area contributed by atoms with Crippen LogP contribution in [0.25, 0.3) is 33.2 Å². The van der Waals surface area contributed by atoms with Crippen LogP contribution in [0.4, 0.5) is 0 Å². The summed E-state index contributed by atoms with van der Waals surface area (Å²) in [6.45, 7) is 0. The van der Waals surface area contributed by atoms with Crippen LogP contribution < -0.4 is 0 Å². The molecule has 1 saturated carbocycles. The maximum atomic E-state index is 12.0. The number of aryl methyl sites for hydroxylation is 1. The van der Waals surface area contributed by atoms with E-state index >= 15 is 0 Å². The second-order valence-electron chi connectivity index (χ2n) is 9.47. The zero-order valence-electron chi connectivity index (χ0n) is 19.6. The number of aromatic nitrogens is 2. The maximum Gasteiger partial charge on any atom is 0.337 e. The second-order valence-corrected chi connectivity index (χ2v) is 9.47. The average molecular weight is 459 g/mol. The van der Waals surface area contributed by atoms with E-state index < -0.39 is 5.97 Å². The van der Waals surface area contributed by atoms with Crippen LogP contribution in [0, 0.1) is 0 Å². The van der Waals surface area contributed by atoms with Crippen LogP contribution in [0.2, 0.25) is 0 Å². The third kappa shape index (κ3) is 4.12. The number of carboxylic acid groups (broad SMARTS) is 1. The highest BCUT2D eigenvalue weighted by Gasteiger charge is 2.26. The zero-order chi connectivity index (χ0) is 23.9. The summed E-state index contributed by atoms with van der Waals surface area (Å²) in [6.07, 6.45) is 6.66. The van der Waals surface area contributed by atoms with Gasteiger partial charge in [-0.2, -0.15) is 0 Å². The van der Waals surface area contributed by atoms with Crippen molar-refractivity contribution in [2.24, 2.45) is 7.05 Å². The van der Waals surface area contributed by atoms with E-state index in [0.717, 1.165) is 46.0 Å². The van der Waals surface area contributed by atoms with Crippen molar-refractivity contribution in [2.75, 3.05) is 0 Å². The number of hydrogen-bond acceptors (Lipinski definition) is 2. The first-order valence-corrected chi connectivity index (χ1v) is 12.0. The summed E-state index contributed by atoms with van der Waals surface area (Å²) in [4.78, 5) is 16.6. The van der Waals surface area contributed by atoms with Gasteiger partial charge in [-0.3, -0.25) is 4.98 Å². The number of pyridine rings is 1. The van der Waals surface area contributed by atoms with Crippen LogP contribution in [0.3, 0.4) is 0 Å². The van der Waals surface area contributed by atoms with E-state index in [1.54, 1.807) is 0 Å². The van der Waals surface area contributed by atoms with Crippen LogP contribution >= 0.6 is 0 Å². The van der Waals surface area contributed by atoms with Gasteiger partial charge in [-0.05, 0) is 70.8 Å². The number of nitrogens with zero attached hydrogens (tertiary/aromatic N) is 2. The highest BCUT2D eigenvalue weighted by Crippen LogP contribution is 2.40. The zero-order valence-corrected chi connectivity index (χ0v) is 19.6. The predicted octanol–water partition coefficient (Wildman–Crippen LogP) is 7.07. The molecule has 2 aromatic heterocycles. The van der Waals surface area contributed by atoms with Gasteiger partial charge in [0, 0.05) is 36.8 Å². The predicted molar refractivity (Wildman–Crippen MR) is 140 cm³/mol. The maximum absolute atomic E-state index is 12.0. The first-order valence-electron chi connectivity index (χ1n) is 12.0. The summed E-state index contributed by atoms with van der Waals surface area (Å²) in [5.41, 5.74) is 8.84. The van der Waals surface area contributed by atoms with Gasteiger partial charge in [0.25, 0.3) is 0 Å². The number of benzene rings is 3. The normalized spacial score (nSPS) is 13.3. The fourth-order valence-corrected chi connectivity index (χ4v) is 4.97. The van der Waals surface area contributed by atoms with Gasteiger partial charge < -0.3 is 9.67 Å². The molecule has 35 heavy (non-hydrogen) atoms. The number of carbonyl (C=O) groups is 1. The van der Waals surface area contributed by atoms with E-state index in [1.807, 2.05) is 18.3 Å². The van der Waals surface area contributed by atoms with Crippen molar-refractivity contribution in [1.29, 1.82) is 0 Å². The van der Waals surface area contributed by atoms with E-state index in [-0.39, 0.29) is 0 Å². The van der Waals surface area contributed by atoms with Crippen molar-refractivity contribution < 1.29 is 9.90 Å². The van der Waals surface area contributed by atoms with E-state index in [9.17, 15) is 9.90 Å². The minimum absolute atomic E-state index is 0.316. The molecule has 1 aliphatic carbocycles. The van der Waals surface area contributed by atoms with Crippen LogP contribution in [0.15, 0.2) is 91.3 Å². The van der Waals surface area contributed by atoms with Crippen molar-refractivity contribution in [2.45, 2.75) is 25.2 Å². The number of fused-ring (bicyclic) bond motifs is 1. The van der Waals surface area contributed by atoms with Crippen LogP contribution in [-0.2, 0) is 13.5 Å². The van der Waals surface area contributed by atoms with Crippen molar-refractivity contribution >= 4 is 16.9 Å². The van der Waals surface area contributed by atoms with Gasteiger partial charge in [-0.15, -0.1) is 0 Å². The Bertz CT molecular complexity index is 1550. The average Bonchev–Trinajstić information content (AvgIpc) is 3.67. The van der Waals surface area contributed by atoms with Gasteiger partial charge in [0.05, 0.1) is 16.8 Å². The summed E-state index contributed by atoms with van der Waals surface area (Å²) in [5, 5.41) is 11.0. The Morgan fingerprint density at radius 2 is 1.66 bits per heavy atom. The van der Waals surface area contributed by atoms with Crippen LogP contribution in [0.5, 0.6) is 0 Å². The molecule has 6 rings (SSSR count). The third-order valence-electron chi connectivity index (χ3n) is 6.97. The number of rotatable bonds is 6. The van der Waals surface area contributed by atoms with Gasteiger partial charge in [0.1, 0.15) is 0 Å². The SMILES string of the molecule is Cn1ccc2cc(Cc3ncc(C4CC4)cc3C(=O)O)cc(-c3ccc(-c4ccccc4)cc3)c21. The fourth-order valence-electron chi connectivity index (χ4n) is 4.97. The monoisotopic (exact) mass is 458 g/mol. The molecule has 2 heterocycles. The number of carboxylic acids is 1. The third-order valence-corrected chi connectivity index (χ3v) is 6.97. The Labute approximate surface area is 204 Å². The standard InChI is InChI=1S/C31H26N2O2/c1-33-14-13-25-15-20(17-29-28(31(34)35)18-26(19-32-29)23-7-8-23)16-27(30(25)33)24-11-9-22(10-12-24)21-5-3-2-4-6-21/h2-6,9-16,18-19,23H,7-8,17H2,1H3,(H,34,35). The minimum Gasteiger partial charge on any atom is -0.478 e. The first kappa shape index (κ1) is 21.4. The Morgan fingerprint density at radius 3 is 2.37 bits per heavy atom. The molecule has 5 aromatic rings. The molecule has 0 amide bonds. The molecule has 0 aliphatic heterocycles. The summed E-state index contributed by atoms with van der Waals surface area (Å²) in [7, 11) is 2.06. The summed E-state index contributed by atoms with van der Waals surface area (Å²) in [5.74, 6) is -0.437. The summed E-state index contributed by atoms with van der Waals surface area (Å²) in [6, 6.07) is 27.3. The molecule has 3 aromatic carbocycles. The fraction of sp³-hybridized carbons (Fsp3) is 0.161. The topological polar surface area (TPSA) is 55.1 Å². The highest BCUT2D eigenvalue weighted by atomic mass is 16.4. The van der Waals surface area contributed by atoms with Gasteiger partial charge in [0.2, 0.25) is 0 Å². The molecular weight excluding hydrogens is 432 g/mol. The molecular formula is C31H26N2O2. The summed E-state index contributed by atoms with van der Waals surface area (Å²) >= 11 is 0. The molecule has 0 radical (unpaired) electrons. The lowest BCUT2D eigenvalue weighted by molar-refractivity contribution is 0.0695. The van der Waals surface area contributed by atoms with Gasteiger partial charge >= 0.3 is 5.97 Å². The molecule has 0 bridgehead atoms. The molecule has 0 unspecified atom stereocenters. The van der Waals surface area contributed by atoms with Crippen molar-refractivity contribution in [3.63, 3.8) is 0 Å². The van der Waals surface area contributed by atoms with Crippen LogP contribution in [0.1, 0.15) is 45.9 Å². The minimum atomic E-state index is -0.910. The first-order chi connectivity index (χ1) is 17.1. The molecule has 0 saturated heterocycles. The lowest BCUT2D eigenvalue weighted by Gasteiger charge is -2.13. The van der Waals surface area contributed by atoms with Crippen LogP contribution in [-0.4, -0.2) is 20.6 Å². The molecule has 4 nitrogen and oxygen atoms in total. The van der Waals surface area contributed by atoms with E-state index in [2.05, 4.69) is 89.5 Å².